The smallest absolute Gasteiger partial charge is 0.238 e. The zero-order valence-electron chi connectivity index (χ0n) is 14.2. The Hall–Kier alpha value is -1.66. The zero-order valence-corrected chi connectivity index (χ0v) is 15.7. The molecule has 0 aliphatic carbocycles. The number of carbonyl (C=O) groups is 1. The highest BCUT2D eigenvalue weighted by Gasteiger charge is 2.19. The zero-order chi connectivity index (χ0) is 18.5. The van der Waals surface area contributed by atoms with Gasteiger partial charge in [0.05, 0.1) is 12.2 Å². The van der Waals surface area contributed by atoms with Gasteiger partial charge in [0.15, 0.2) is 0 Å². The minimum absolute atomic E-state index is 0.152. The van der Waals surface area contributed by atoms with Gasteiger partial charge in [0, 0.05) is 42.8 Å². The molecule has 1 aliphatic heterocycles. The Balaban J connectivity index is 1.45. The normalized spacial score (nSPS) is 15.8. The van der Waals surface area contributed by atoms with Crippen molar-refractivity contribution in [3.8, 4) is 0 Å². The molecule has 4 nitrogen and oxygen atoms in total. The van der Waals surface area contributed by atoms with Gasteiger partial charge < -0.3 is 5.32 Å². The van der Waals surface area contributed by atoms with E-state index in [4.69, 9.17) is 23.2 Å². The van der Waals surface area contributed by atoms with Gasteiger partial charge >= 0.3 is 0 Å². The predicted molar refractivity (Wildman–Crippen MR) is 103 cm³/mol. The number of halogens is 3. The lowest BCUT2D eigenvalue weighted by molar-refractivity contribution is -0.117. The summed E-state index contributed by atoms with van der Waals surface area (Å²) in [6.45, 7) is 4.40. The van der Waals surface area contributed by atoms with Crippen LogP contribution in [0.5, 0.6) is 0 Å². The molecule has 1 heterocycles. The molecule has 3 rings (SSSR count). The van der Waals surface area contributed by atoms with Gasteiger partial charge in [-0.05, 0) is 35.9 Å². The van der Waals surface area contributed by atoms with Crippen LogP contribution in [0.3, 0.4) is 0 Å². The summed E-state index contributed by atoms with van der Waals surface area (Å²) in [5.41, 5.74) is 1.33. The number of nitrogens with one attached hydrogen (secondary N) is 1. The van der Waals surface area contributed by atoms with Gasteiger partial charge in [-0.25, -0.2) is 4.39 Å². The van der Waals surface area contributed by atoms with Gasteiger partial charge in [0.25, 0.3) is 0 Å². The number of benzene rings is 2. The molecule has 0 radical (unpaired) electrons. The average molecular weight is 396 g/mol. The van der Waals surface area contributed by atoms with Crippen LogP contribution in [0.1, 0.15) is 5.56 Å². The number of amides is 1. The van der Waals surface area contributed by atoms with E-state index in [1.54, 1.807) is 6.07 Å². The lowest BCUT2D eigenvalue weighted by Gasteiger charge is -2.34. The molecule has 7 heteroatoms. The van der Waals surface area contributed by atoms with Crippen molar-refractivity contribution >= 4 is 34.8 Å². The molecule has 0 saturated carbocycles. The van der Waals surface area contributed by atoms with E-state index in [1.807, 2.05) is 18.2 Å². The fourth-order valence-electron chi connectivity index (χ4n) is 2.98. The van der Waals surface area contributed by atoms with E-state index in [9.17, 15) is 9.18 Å². The third-order valence-corrected chi connectivity index (χ3v) is 4.80. The van der Waals surface area contributed by atoms with E-state index in [-0.39, 0.29) is 18.1 Å². The summed E-state index contributed by atoms with van der Waals surface area (Å²) >= 11 is 11.7. The fourth-order valence-corrected chi connectivity index (χ4v) is 3.35. The summed E-state index contributed by atoms with van der Waals surface area (Å²) in [5, 5.41) is 3.64. The molecule has 0 bridgehead atoms. The quantitative estimate of drug-likeness (QED) is 0.833. The van der Waals surface area contributed by atoms with Gasteiger partial charge in [0.1, 0.15) is 5.82 Å². The monoisotopic (exact) mass is 395 g/mol. The van der Waals surface area contributed by atoms with Crippen LogP contribution in [-0.2, 0) is 11.3 Å². The van der Waals surface area contributed by atoms with Crippen LogP contribution in [0.25, 0.3) is 0 Å². The largest absolute Gasteiger partial charge is 0.322 e. The Bertz CT molecular complexity index is 779. The van der Waals surface area contributed by atoms with Crippen LogP contribution < -0.4 is 5.32 Å². The standard InChI is InChI=1S/C19H20Cl2FN3O/c20-15-3-1-2-14(10-15)12-24-6-8-25(9-7-24)13-19(26)23-18-5-4-16(21)11-17(18)22/h1-5,10-11H,6-9,12-13H2,(H,23,26). The molecule has 138 valence electrons. The summed E-state index contributed by atoms with van der Waals surface area (Å²) in [6, 6.07) is 12.1. The highest BCUT2D eigenvalue weighted by Crippen LogP contribution is 2.19. The number of rotatable bonds is 5. The van der Waals surface area contributed by atoms with Crippen molar-refractivity contribution in [2.45, 2.75) is 6.54 Å². The topological polar surface area (TPSA) is 35.6 Å². The predicted octanol–water partition coefficient (Wildman–Crippen LogP) is 3.89. The summed E-state index contributed by atoms with van der Waals surface area (Å²) < 4.78 is 13.7. The van der Waals surface area contributed by atoms with Crippen molar-refractivity contribution in [3.63, 3.8) is 0 Å². The third-order valence-electron chi connectivity index (χ3n) is 4.33. The second-order valence-corrected chi connectivity index (χ2v) is 7.23. The Morgan fingerprint density at radius 2 is 1.69 bits per heavy atom. The van der Waals surface area contributed by atoms with Gasteiger partial charge in [-0.1, -0.05) is 35.3 Å². The first-order valence-electron chi connectivity index (χ1n) is 8.43. The molecule has 0 spiro atoms. The maximum Gasteiger partial charge on any atom is 0.238 e. The highest BCUT2D eigenvalue weighted by molar-refractivity contribution is 6.30. The van der Waals surface area contributed by atoms with Gasteiger partial charge in [-0.3, -0.25) is 14.6 Å². The molecule has 0 aromatic heterocycles. The first-order chi connectivity index (χ1) is 12.5. The highest BCUT2D eigenvalue weighted by atomic mass is 35.5. The van der Waals surface area contributed by atoms with Crippen molar-refractivity contribution in [1.82, 2.24) is 9.80 Å². The van der Waals surface area contributed by atoms with Crippen molar-refractivity contribution in [2.75, 3.05) is 38.0 Å². The van der Waals surface area contributed by atoms with Crippen molar-refractivity contribution in [3.05, 3.63) is 63.9 Å². The second-order valence-electron chi connectivity index (χ2n) is 6.35. The van der Waals surface area contributed by atoms with E-state index >= 15 is 0 Å². The van der Waals surface area contributed by atoms with Gasteiger partial charge in [0.2, 0.25) is 5.91 Å². The third kappa shape index (κ3) is 5.42. The van der Waals surface area contributed by atoms with Crippen LogP contribution in [0.2, 0.25) is 10.0 Å². The number of hydrogen-bond acceptors (Lipinski definition) is 3. The molecule has 1 saturated heterocycles. The number of anilines is 1. The molecule has 2 aromatic carbocycles. The Kier molecular flexibility index (Phi) is 6.48. The van der Waals surface area contributed by atoms with Crippen molar-refractivity contribution in [1.29, 1.82) is 0 Å². The number of carbonyl (C=O) groups excluding carboxylic acids is 1. The maximum absolute atomic E-state index is 13.7. The van der Waals surface area contributed by atoms with Crippen LogP contribution in [0.15, 0.2) is 42.5 Å². The number of hydrogen-bond donors (Lipinski definition) is 1. The maximum atomic E-state index is 13.7. The van der Waals surface area contributed by atoms with E-state index in [0.29, 0.717) is 5.02 Å². The first-order valence-corrected chi connectivity index (χ1v) is 9.19. The Labute approximate surface area is 162 Å². The fraction of sp³-hybridized carbons (Fsp3) is 0.316. The molecule has 2 aromatic rings. The van der Waals surface area contributed by atoms with E-state index in [1.165, 1.54) is 17.7 Å². The molecule has 1 fully saturated rings. The SMILES string of the molecule is O=C(CN1CCN(Cc2cccc(Cl)c2)CC1)Nc1ccc(Cl)cc1F. The average Bonchev–Trinajstić information content (AvgIpc) is 2.59. The second kappa shape index (κ2) is 8.82. The molecule has 1 aliphatic rings. The molecule has 0 unspecified atom stereocenters. The minimum Gasteiger partial charge on any atom is -0.322 e. The molecule has 1 amide bonds. The van der Waals surface area contributed by atoms with Crippen LogP contribution in [-0.4, -0.2) is 48.4 Å². The van der Waals surface area contributed by atoms with Gasteiger partial charge in [-0.2, -0.15) is 0 Å². The summed E-state index contributed by atoms with van der Waals surface area (Å²) in [6.07, 6.45) is 0. The van der Waals surface area contributed by atoms with E-state index in [0.717, 1.165) is 37.7 Å². The van der Waals surface area contributed by atoms with Gasteiger partial charge in [-0.15, -0.1) is 0 Å². The number of piperazine rings is 1. The Morgan fingerprint density at radius 1 is 1.00 bits per heavy atom. The van der Waals surface area contributed by atoms with Crippen LogP contribution >= 0.6 is 23.2 Å². The minimum atomic E-state index is -0.530. The molecular formula is C19H20Cl2FN3O. The van der Waals surface area contributed by atoms with Crippen molar-refractivity contribution in [2.24, 2.45) is 0 Å². The lowest BCUT2D eigenvalue weighted by Crippen LogP contribution is -2.48. The Morgan fingerprint density at radius 3 is 2.38 bits per heavy atom. The van der Waals surface area contributed by atoms with Crippen LogP contribution in [0.4, 0.5) is 10.1 Å². The van der Waals surface area contributed by atoms with Crippen molar-refractivity contribution < 1.29 is 9.18 Å². The van der Waals surface area contributed by atoms with E-state index in [2.05, 4.69) is 21.2 Å². The van der Waals surface area contributed by atoms with Crippen LogP contribution in [0, 0.1) is 5.82 Å². The summed E-state index contributed by atoms with van der Waals surface area (Å²) in [4.78, 5) is 16.5. The first kappa shape index (κ1) is 19.1. The number of nitrogens with zero attached hydrogens (tertiary/aromatic N) is 2. The molecule has 26 heavy (non-hydrogen) atoms. The molecule has 0 atom stereocenters. The molecular weight excluding hydrogens is 376 g/mol. The summed E-state index contributed by atoms with van der Waals surface area (Å²) in [7, 11) is 0. The molecule has 1 N–H and O–H groups in total. The lowest BCUT2D eigenvalue weighted by atomic mass is 10.2. The van der Waals surface area contributed by atoms with E-state index < -0.39 is 5.82 Å². The summed E-state index contributed by atoms with van der Waals surface area (Å²) in [5.74, 6) is -0.758.